The number of rotatable bonds is 9. The molecule has 1 heterocycles. The lowest BCUT2D eigenvalue weighted by atomic mass is 9.98. The van der Waals surface area contributed by atoms with Crippen LogP contribution in [0.4, 0.5) is 17.1 Å². The van der Waals surface area contributed by atoms with Crippen LogP contribution >= 0.6 is 10.0 Å². The maximum atomic E-state index is 6.48. The molecule has 0 saturated carbocycles. The molecule has 0 spiro atoms. The lowest BCUT2D eigenvalue weighted by molar-refractivity contribution is 0.669. The zero-order chi connectivity index (χ0) is 40.6. The van der Waals surface area contributed by atoms with Crippen molar-refractivity contribution < 1.29 is 4.42 Å². The van der Waals surface area contributed by atoms with Gasteiger partial charge in [-0.05, 0) is 130 Å². The number of furan rings is 1. The Morgan fingerprint density at radius 2 is 0.787 bits per heavy atom. The molecule has 11 aromatic rings. The molecule has 0 atom stereocenters. The van der Waals surface area contributed by atoms with Crippen LogP contribution in [0.1, 0.15) is 0 Å². The minimum absolute atomic E-state index is 0.865. The lowest BCUT2D eigenvalue weighted by Crippen LogP contribution is -2.11. The van der Waals surface area contributed by atoms with E-state index in [9.17, 15) is 0 Å². The van der Waals surface area contributed by atoms with Crippen LogP contribution in [0, 0.1) is 0 Å². The zero-order valence-electron chi connectivity index (χ0n) is 33.4. The first-order chi connectivity index (χ1) is 30.2. The summed E-state index contributed by atoms with van der Waals surface area (Å²) in [6.07, 6.45) is 0. The molecule has 3 heteroatoms. The van der Waals surface area contributed by atoms with E-state index in [-0.39, 0.29) is 0 Å². The van der Waals surface area contributed by atoms with Gasteiger partial charge in [0.2, 0.25) is 0 Å². The highest BCUT2D eigenvalue weighted by atomic mass is 32.3. The third-order valence-electron chi connectivity index (χ3n) is 11.8. The maximum Gasteiger partial charge on any atom is 0.135 e. The standard InChI is InChI=1S/C58H41NOS/c1-5-17-42(18-6-1)45-33-37-57-55(39-45)56-41-48(36-38-58(56)60-57)59(46-34-31-44(32-35-46)54-30-15-20-43-19-13-14-29-53(43)54)47-21-16-28-52(40-47)61(49-22-7-2-8-23-49,50-24-9-3-10-25-50)51-26-11-4-12-27-51/h1-41H. The summed E-state index contributed by atoms with van der Waals surface area (Å²) < 4.78 is 6.48. The Kier molecular flexibility index (Phi) is 9.30. The molecular weight excluding hydrogens is 759 g/mol. The van der Waals surface area contributed by atoms with Crippen molar-refractivity contribution in [1.82, 2.24) is 0 Å². The predicted molar refractivity (Wildman–Crippen MR) is 257 cm³/mol. The van der Waals surface area contributed by atoms with Gasteiger partial charge in [0, 0.05) is 47.4 Å². The van der Waals surface area contributed by atoms with Crippen LogP contribution in [0.3, 0.4) is 0 Å². The molecule has 1 aromatic heterocycles. The van der Waals surface area contributed by atoms with Gasteiger partial charge in [-0.1, -0.05) is 152 Å². The van der Waals surface area contributed by atoms with Gasteiger partial charge >= 0.3 is 0 Å². The minimum atomic E-state index is -1.92. The van der Waals surface area contributed by atoms with Crippen molar-refractivity contribution in [1.29, 1.82) is 0 Å². The van der Waals surface area contributed by atoms with Crippen molar-refractivity contribution >= 4 is 59.8 Å². The first-order valence-electron chi connectivity index (χ1n) is 20.7. The van der Waals surface area contributed by atoms with Crippen LogP contribution in [0.25, 0.3) is 55.0 Å². The summed E-state index contributed by atoms with van der Waals surface area (Å²) in [4.78, 5) is 7.53. The van der Waals surface area contributed by atoms with E-state index in [0.717, 1.165) is 44.6 Å². The normalized spacial score (nSPS) is 11.9. The van der Waals surface area contributed by atoms with Gasteiger partial charge in [-0.15, -0.1) is 10.0 Å². The molecule has 10 aromatic carbocycles. The van der Waals surface area contributed by atoms with Crippen LogP contribution in [0.2, 0.25) is 0 Å². The lowest BCUT2D eigenvalue weighted by Gasteiger charge is -2.42. The molecule has 0 fully saturated rings. The van der Waals surface area contributed by atoms with E-state index in [2.05, 4.69) is 254 Å². The Morgan fingerprint density at radius 3 is 1.46 bits per heavy atom. The van der Waals surface area contributed by atoms with E-state index in [1.165, 1.54) is 47.0 Å². The van der Waals surface area contributed by atoms with Crippen LogP contribution in [0.15, 0.2) is 273 Å². The van der Waals surface area contributed by atoms with E-state index >= 15 is 0 Å². The van der Waals surface area contributed by atoms with Gasteiger partial charge in [0.05, 0.1) is 0 Å². The van der Waals surface area contributed by atoms with E-state index in [4.69, 9.17) is 4.42 Å². The highest BCUT2D eigenvalue weighted by Crippen LogP contribution is 2.73. The van der Waals surface area contributed by atoms with Crippen molar-refractivity contribution in [3.63, 3.8) is 0 Å². The molecule has 0 saturated heterocycles. The average Bonchev–Trinajstić information content (AvgIpc) is 3.71. The Bertz CT molecular complexity index is 3190. The number of benzene rings is 10. The zero-order valence-corrected chi connectivity index (χ0v) is 34.3. The molecule has 0 bridgehead atoms. The first-order valence-corrected chi connectivity index (χ1v) is 22.4. The van der Waals surface area contributed by atoms with Gasteiger partial charge < -0.3 is 9.32 Å². The van der Waals surface area contributed by atoms with Gasteiger partial charge in [0.15, 0.2) is 0 Å². The Labute approximate surface area is 357 Å². The topological polar surface area (TPSA) is 16.4 Å². The van der Waals surface area contributed by atoms with E-state index < -0.39 is 10.0 Å². The third-order valence-corrected chi connectivity index (χ3v) is 15.7. The van der Waals surface area contributed by atoms with Crippen molar-refractivity contribution in [3.8, 4) is 22.3 Å². The Hall–Kier alpha value is -7.59. The van der Waals surface area contributed by atoms with Crippen molar-refractivity contribution in [2.75, 3.05) is 4.90 Å². The summed E-state index contributed by atoms with van der Waals surface area (Å²) in [5, 5.41) is 4.66. The molecule has 0 aliphatic carbocycles. The molecule has 11 rings (SSSR count). The first kappa shape index (κ1) is 36.5. The summed E-state index contributed by atoms with van der Waals surface area (Å²) in [6, 6.07) is 90.3. The van der Waals surface area contributed by atoms with Crippen LogP contribution in [-0.2, 0) is 0 Å². The number of nitrogens with zero attached hydrogens (tertiary/aromatic N) is 1. The van der Waals surface area contributed by atoms with E-state index in [0.29, 0.717) is 0 Å². The van der Waals surface area contributed by atoms with Gasteiger partial charge in [0.1, 0.15) is 11.2 Å². The fourth-order valence-corrected chi connectivity index (χ4v) is 12.8. The van der Waals surface area contributed by atoms with Crippen LogP contribution in [0.5, 0.6) is 0 Å². The second-order valence-corrected chi connectivity index (χ2v) is 18.4. The van der Waals surface area contributed by atoms with Crippen molar-refractivity contribution in [2.45, 2.75) is 19.6 Å². The SMILES string of the molecule is c1ccc(-c2ccc3oc4ccc(N(c5ccc(-c6cccc7ccccc67)cc5)c5cccc(S(c6ccccc6)(c6ccccc6)c6ccccc6)c5)cc4c3c2)cc1. The quantitative estimate of drug-likeness (QED) is 0.145. The molecule has 0 N–H and O–H groups in total. The molecule has 0 aliphatic rings. The minimum Gasteiger partial charge on any atom is -0.456 e. The predicted octanol–water partition coefficient (Wildman–Crippen LogP) is 16.9. The number of fused-ring (bicyclic) bond motifs is 4. The molecular formula is C58H41NOS. The van der Waals surface area contributed by atoms with Crippen molar-refractivity contribution in [2.24, 2.45) is 0 Å². The number of hydrogen-bond acceptors (Lipinski definition) is 2. The summed E-state index contributed by atoms with van der Waals surface area (Å²) in [6.45, 7) is 0. The van der Waals surface area contributed by atoms with E-state index in [1.807, 2.05) is 0 Å². The highest BCUT2D eigenvalue weighted by Gasteiger charge is 2.34. The smallest absolute Gasteiger partial charge is 0.135 e. The largest absolute Gasteiger partial charge is 0.456 e. The molecule has 0 radical (unpaired) electrons. The molecule has 0 aliphatic heterocycles. The molecule has 61 heavy (non-hydrogen) atoms. The van der Waals surface area contributed by atoms with Gasteiger partial charge in [-0.25, -0.2) is 0 Å². The van der Waals surface area contributed by atoms with Crippen molar-refractivity contribution in [3.05, 3.63) is 249 Å². The number of hydrogen-bond donors (Lipinski definition) is 0. The second kappa shape index (κ2) is 15.5. The van der Waals surface area contributed by atoms with Gasteiger partial charge in [-0.3, -0.25) is 0 Å². The number of anilines is 3. The Balaban J connectivity index is 1.13. The van der Waals surface area contributed by atoms with Crippen LogP contribution in [-0.4, -0.2) is 0 Å². The second-order valence-electron chi connectivity index (χ2n) is 15.3. The monoisotopic (exact) mass is 799 g/mol. The fourth-order valence-electron chi connectivity index (χ4n) is 8.93. The summed E-state index contributed by atoms with van der Waals surface area (Å²) >= 11 is 0. The molecule has 2 nitrogen and oxygen atoms in total. The summed E-state index contributed by atoms with van der Waals surface area (Å²) in [7, 11) is -1.92. The van der Waals surface area contributed by atoms with E-state index in [1.54, 1.807) is 0 Å². The molecule has 0 amide bonds. The highest BCUT2D eigenvalue weighted by molar-refractivity contribution is 8.34. The van der Waals surface area contributed by atoms with Crippen LogP contribution < -0.4 is 4.90 Å². The third kappa shape index (κ3) is 6.48. The molecule has 0 unspecified atom stereocenters. The fraction of sp³-hybridized carbons (Fsp3) is 0. The Morgan fingerprint density at radius 1 is 0.295 bits per heavy atom. The maximum absolute atomic E-state index is 6.48. The summed E-state index contributed by atoms with van der Waals surface area (Å²) in [5.74, 6) is 0. The summed E-state index contributed by atoms with van der Waals surface area (Å²) in [5.41, 5.74) is 9.68. The van der Waals surface area contributed by atoms with Gasteiger partial charge in [0.25, 0.3) is 0 Å². The average molecular weight is 800 g/mol. The van der Waals surface area contributed by atoms with Gasteiger partial charge in [-0.2, -0.15) is 0 Å². The molecule has 290 valence electrons.